The number of amides is 1. The van der Waals surface area contributed by atoms with Crippen LogP contribution in [0.25, 0.3) is 0 Å². The van der Waals surface area contributed by atoms with Crippen molar-refractivity contribution in [1.82, 2.24) is 5.32 Å². The highest BCUT2D eigenvalue weighted by Gasteiger charge is 2.18. The van der Waals surface area contributed by atoms with Crippen molar-refractivity contribution in [2.24, 2.45) is 0 Å². The summed E-state index contributed by atoms with van der Waals surface area (Å²) in [5.74, 6) is -0.0560. The maximum atomic E-state index is 12.5. The van der Waals surface area contributed by atoms with E-state index in [1.807, 2.05) is 6.08 Å². The molecule has 0 aliphatic carbocycles. The topological polar surface area (TPSA) is 95.9 Å². The molecule has 0 spiro atoms. The molecule has 1 amide bonds. The number of ether oxygens (including phenoxy) is 1. The molecule has 0 aromatic carbocycles. The Kier molecular flexibility index (Phi) is 67.4. The van der Waals surface area contributed by atoms with E-state index in [2.05, 4.69) is 31.3 Å². The Morgan fingerprint density at radius 1 is 0.342 bits per heavy atom. The summed E-state index contributed by atoms with van der Waals surface area (Å²) < 4.78 is 5.49. The van der Waals surface area contributed by atoms with Crippen LogP contribution in [0.1, 0.15) is 406 Å². The van der Waals surface area contributed by atoms with Gasteiger partial charge in [0.1, 0.15) is 0 Å². The van der Waals surface area contributed by atoms with Crippen molar-refractivity contribution in [3.05, 3.63) is 24.3 Å². The summed E-state index contributed by atoms with van der Waals surface area (Å²) in [5, 5.41) is 23.3. The molecule has 79 heavy (non-hydrogen) atoms. The molecule has 6 heteroatoms. The summed E-state index contributed by atoms with van der Waals surface area (Å²) in [6.45, 7) is 4.94. The Morgan fingerprint density at radius 2 is 0.595 bits per heavy atom. The quantitative estimate of drug-likeness (QED) is 0.0320. The molecule has 0 heterocycles. The molecule has 0 aliphatic rings. The largest absolute Gasteiger partial charge is 0.466 e. The van der Waals surface area contributed by atoms with Gasteiger partial charge in [-0.15, -0.1) is 0 Å². The molecule has 0 fully saturated rings. The molecule has 2 unspecified atom stereocenters. The summed E-state index contributed by atoms with van der Waals surface area (Å²) in [5.41, 5.74) is 0. The number of allylic oxidation sites excluding steroid dienone is 3. The number of unbranched alkanes of at least 4 members (excludes halogenated alkanes) is 55. The van der Waals surface area contributed by atoms with E-state index in [9.17, 15) is 19.8 Å². The van der Waals surface area contributed by atoms with Gasteiger partial charge in [-0.2, -0.15) is 0 Å². The van der Waals surface area contributed by atoms with E-state index < -0.39 is 12.1 Å². The highest BCUT2D eigenvalue weighted by molar-refractivity contribution is 5.76. The van der Waals surface area contributed by atoms with Crippen LogP contribution in [0.5, 0.6) is 0 Å². The molecule has 0 saturated heterocycles. The first-order valence-corrected chi connectivity index (χ1v) is 36.1. The Balaban J connectivity index is 3.40. The van der Waals surface area contributed by atoms with E-state index in [0.717, 1.165) is 44.9 Å². The van der Waals surface area contributed by atoms with Gasteiger partial charge in [0.2, 0.25) is 5.91 Å². The van der Waals surface area contributed by atoms with Gasteiger partial charge >= 0.3 is 5.97 Å². The van der Waals surface area contributed by atoms with Crippen molar-refractivity contribution in [1.29, 1.82) is 0 Å². The predicted molar refractivity (Wildman–Crippen MR) is 347 cm³/mol. The van der Waals surface area contributed by atoms with Crippen molar-refractivity contribution in [3.63, 3.8) is 0 Å². The Morgan fingerprint density at radius 3 is 0.899 bits per heavy atom. The first-order valence-electron chi connectivity index (χ1n) is 36.1. The molecule has 3 N–H and O–H groups in total. The second-order valence-electron chi connectivity index (χ2n) is 24.9. The van der Waals surface area contributed by atoms with Gasteiger partial charge in [0, 0.05) is 12.8 Å². The van der Waals surface area contributed by atoms with Crippen LogP contribution in [-0.2, 0) is 14.3 Å². The molecule has 0 aliphatic heterocycles. The van der Waals surface area contributed by atoms with Crippen molar-refractivity contribution < 1.29 is 24.5 Å². The summed E-state index contributed by atoms with van der Waals surface area (Å²) in [7, 11) is 0. The number of esters is 1. The summed E-state index contributed by atoms with van der Waals surface area (Å²) in [6.07, 6.45) is 86.9. The highest BCUT2D eigenvalue weighted by atomic mass is 16.5. The highest BCUT2D eigenvalue weighted by Crippen LogP contribution is 2.19. The normalized spacial score (nSPS) is 12.6. The third-order valence-corrected chi connectivity index (χ3v) is 17.0. The minimum atomic E-state index is -0.846. The predicted octanol–water partition coefficient (Wildman–Crippen LogP) is 23.3. The lowest BCUT2D eigenvalue weighted by Gasteiger charge is -2.20. The third-order valence-electron chi connectivity index (χ3n) is 17.0. The lowest BCUT2D eigenvalue weighted by Crippen LogP contribution is -2.45. The number of rotatable bonds is 68. The minimum absolute atomic E-state index is 0.00691. The number of nitrogens with one attached hydrogen (secondary N) is 1. The number of aliphatic hydroxyl groups excluding tert-OH is 2. The average Bonchev–Trinajstić information content (AvgIpc) is 3.45. The van der Waals surface area contributed by atoms with Crippen LogP contribution in [0.3, 0.4) is 0 Å². The molecular weight excluding hydrogens is 971 g/mol. The van der Waals surface area contributed by atoms with Gasteiger partial charge in [-0.1, -0.05) is 359 Å². The number of hydrogen-bond acceptors (Lipinski definition) is 5. The number of hydrogen-bond donors (Lipinski definition) is 3. The van der Waals surface area contributed by atoms with Gasteiger partial charge < -0.3 is 20.3 Å². The lowest BCUT2D eigenvalue weighted by molar-refractivity contribution is -0.143. The van der Waals surface area contributed by atoms with Gasteiger partial charge in [-0.25, -0.2) is 0 Å². The maximum absolute atomic E-state index is 12.5. The van der Waals surface area contributed by atoms with Crippen LogP contribution >= 0.6 is 0 Å². The van der Waals surface area contributed by atoms with E-state index in [0.29, 0.717) is 19.4 Å². The zero-order chi connectivity index (χ0) is 57.1. The fourth-order valence-corrected chi connectivity index (χ4v) is 11.5. The summed E-state index contributed by atoms with van der Waals surface area (Å²) in [4.78, 5) is 24.6. The first-order chi connectivity index (χ1) is 39.0. The van der Waals surface area contributed by atoms with E-state index in [-0.39, 0.29) is 18.5 Å². The van der Waals surface area contributed by atoms with Gasteiger partial charge in [0.25, 0.3) is 0 Å². The van der Waals surface area contributed by atoms with Crippen molar-refractivity contribution in [2.45, 2.75) is 418 Å². The van der Waals surface area contributed by atoms with E-state index in [4.69, 9.17) is 4.74 Å². The second-order valence-corrected chi connectivity index (χ2v) is 24.9. The zero-order valence-corrected chi connectivity index (χ0v) is 53.6. The number of carbonyl (C=O) groups is 2. The van der Waals surface area contributed by atoms with Crippen LogP contribution in [0, 0.1) is 0 Å². The van der Waals surface area contributed by atoms with E-state index >= 15 is 0 Å². The monoisotopic (exact) mass is 1110 g/mol. The molecule has 468 valence electrons. The Labute approximate surface area is 494 Å². The first kappa shape index (κ1) is 77.3. The van der Waals surface area contributed by atoms with E-state index in [1.165, 1.54) is 334 Å². The van der Waals surface area contributed by atoms with Gasteiger partial charge in [-0.3, -0.25) is 9.59 Å². The molecule has 0 aromatic heterocycles. The molecule has 2 atom stereocenters. The van der Waals surface area contributed by atoms with Crippen molar-refractivity contribution in [2.75, 3.05) is 13.2 Å². The average molecular weight is 1110 g/mol. The number of carbonyl (C=O) groups excluding carboxylic acids is 2. The fourth-order valence-electron chi connectivity index (χ4n) is 11.5. The minimum Gasteiger partial charge on any atom is -0.466 e. The molecule has 0 saturated carbocycles. The SMILES string of the molecule is CCCCCCCC/C=C\CCCCCCCC(=O)OCCCCCCCCCCCCCCCCCCCCCCCCCC(=O)NC(CO)C(O)/C=C/CCCCCCCCCCCCCCCCCCCCCCCC. The molecule has 0 radical (unpaired) electrons. The summed E-state index contributed by atoms with van der Waals surface area (Å²) in [6, 6.07) is -0.629. The van der Waals surface area contributed by atoms with Crippen LogP contribution in [0.4, 0.5) is 0 Å². The smallest absolute Gasteiger partial charge is 0.305 e. The molecule has 0 bridgehead atoms. The van der Waals surface area contributed by atoms with Gasteiger partial charge in [-0.05, 0) is 57.8 Å². The second kappa shape index (κ2) is 68.8. The van der Waals surface area contributed by atoms with Gasteiger partial charge in [0.15, 0.2) is 0 Å². The van der Waals surface area contributed by atoms with E-state index in [1.54, 1.807) is 6.08 Å². The standard InChI is InChI=1S/C73H141NO5/c1-3-5-7-9-11-13-15-17-19-20-21-22-23-25-28-31-34-38-41-45-49-53-57-61-65-71(76)70(69-75)74-72(77)66-62-58-54-50-46-42-39-35-32-29-26-24-27-30-33-36-40-44-48-52-56-60-64-68-79-73(78)67-63-59-55-51-47-43-37-18-16-14-12-10-8-6-4-2/h18,37,61,65,70-71,75-76H,3-17,19-36,38-60,62-64,66-69H2,1-2H3,(H,74,77)/b37-18-,65-61+. The Bertz CT molecular complexity index is 1230. The van der Waals surface area contributed by atoms with Gasteiger partial charge in [0.05, 0.1) is 25.4 Å². The lowest BCUT2D eigenvalue weighted by atomic mass is 10.0. The van der Waals surface area contributed by atoms with Crippen molar-refractivity contribution >= 4 is 11.9 Å². The molecular formula is C73H141NO5. The van der Waals surface area contributed by atoms with Crippen LogP contribution in [-0.4, -0.2) is 47.4 Å². The third kappa shape index (κ3) is 65.4. The van der Waals surface area contributed by atoms with Crippen molar-refractivity contribution in [3.8, 4) is 0 Å². The maximum Gasteiger partial charge on any atom is 0.305 e. The zero-order valence-electron chi connectivity index (χ0n) is 53.6. The molecule has 6 nitrogen and oxygen atoms in total. The fraction of sp³-hybridized carbons (Fsp3) is 0.918. The summed E-state index contributed by atoms with van der Waals surface area (Å²) >= 11 is 0. The molecule has 0 aromatic rings. The Hall–Kier alpha value is -1.66. The van der Waals surface area contributed by atoms with Crippen LogP contribution in [0.15, 0.2) is 24.3 Å². The number of aliphatic hydroxyl groups is 2. The molecule has 0 rings (SSSR count). The van der Waals surface area contributed by atoms with Crippen LogP contribution in [0.2, 0.25) is 0 Å². The van der Waals surface area contributed by atoms with Crippen LogP contribution < -0.4 is 5.32 Å².